The molecule has 0 spiro atoms. The third-order valence-corrected chi connectivity index (χ3v) is 5.71. The van der Waals surface area contributed by atoms with Crippen LogP contribution < -0.4 is 11.1 Å². The lowest BCUT2D eigenvalue weighted by Crippen LogP contribution is -2.35. The highest BCUT2D eigenvalue weighted by Gasteiger charge is 2.17. The van der Waals surface area contributed by atoms with Crippen molar-refractivity contribution in [2.24, 2.45) is 0 Å². The van der Waals surface area contributed by atoms with Gasteiger partial charge in [-0.3, -0.25) is 14.7 Å². The number of hydrogen-bond acceptors (Lipinski definition) is 7. The molecule has 1 aliphatic heterocycles. The Bertz CT molecular complexity index is 1140. The van der Waals surface area contributed by atoms with E-state index >= 15 is 0 Å². The highest BCUT2D eigenvalue weighted by molar-refractivity contribution is 6.26. The Hall–Kier alpha value is -3.62. The van der Waals surface area contributed by atoms with Gasteiger partial charge in [-0.25, -0.2) is 0 Å². The van der Waals surface area contributed by atoms with Crippen LogP contribution >= 0.6 is 0 Å². The second-order valence-corrected chi connectivity index (χ2v) is 8.26. The lowest BCUT2D eigenvalue weighted by atomic mass is 9.96. The van der Waals surface area contributed by atoms with Gasteiger partial charge in [-0.2, -0.15) is 10.2 Å². The standard InChI is InChI=1S/C26H30N6O2/c1-2-3-4-23(26(33)31-22-7-8-29-30-17-22)24-14-20(5-6-25(24)27)21-13-19(15-28-16-21)18-32-9-11-34-12-10-32/h4-8,13-17H,2-3,9-12,18,27H2,1H3,(H,29,31,33)/b23-4+. The summed E-state index contributed by atoms with van der Waals surface area (Å²) in [5, 5.41) is 10.5. The van der Waals surface area contributed by atoms with E-state index in [0.29, 0.717) is 22.5 Å². The van der Waals surface area contributed by atoms with Crippen LogP contribution in [0.1, 0.15) is 30.9 Å². The molecular weight excluding hydrogens is 428 g/mol. The van der Waals surface area contributed by atoms with Gasteiger partial charge in [0.25, 0.3) is 5.91 Å². The summed E-state index contributed by atoms with van der Waals surface area (Å²) in [6, 6.07) is 9.64. The molecule has 0 unspecified atom stereocenters. The Balaban J connectivity index is 1.62. The predicted octanol–water partition coefficient (Wildman–Crippen LogP) is 3.78. The van der Waals surface area contributed by atoms with Gasteiger partial charge in [-0.1, -0.05) is 25.5 Å². The summed E-state index contributed by atoms with van der Waals surface area (Å²) in [4.78, 5) is 20.0. The van der Waals surface area contributed by atoms with E-state index in [1.54, 1.807) is 6.07 Å². The fourth-order valence-electron chi connectivity index (χ4n) is 3.90. The van der Waals surface area contributed by atoms with Crippen molar-refractivity contribution in [1.82, 2.24) is 20.1 Å². The minimum atomic E-state index is -0.232. The second kappa shape index (κ2) is 11.5. The van der Waals surface area contributed by atoms with Crippen molar-refractivity contribution < 1.29 is 9.53 Å². The van der Waals surface area contributed by atoms with Crippen LogP contribution in [0, 0.1) is 0 Å². The van der Waals surface area contributed by atoms with Crippen LogP contribution in [0.5, 0.6) is 0 Å². The molecule has 1 saturated heterocycles. The summed E-state index contributed by atoms with van der Waals surface area (Å²) < 4.78 is 5.45. The molecule has 34 heavy (non-hydrogen) atoms. The first-order valence-corrected chi connectivity index (χ1v) is 11.6. The van der Waals surface area contributed by atoms with Crippen LogP contribution in [0.3, 0.4) is 0 Å². The number of rotatable bonds is 8. The van der Waals surface area contributed by atoms with E-state index in [0.717, 1.165) is 62.4 Å². The highest BCUT2D eigenvalue weighted by atomic mass is 16.5. The first kappa shape index (κ1) is 23.5. The quantitative estimate of drug-likeness (QED) is 0.391. The molecule has 0 aliphatic carbocycles. The number of nitrogens with zero attached hydrogens (tertiary/aromatic N) is 4. The lowest BCUT2D eigenvalue weighted by molar-refractivity contribution is -0.111. The average molecular weight is 459 g/mol. The Kier molecular flexibility index (Phi) is 7.95. The zero-order valence-corrected chi connectivity index (χ0v) is 19.4. The number of hydrogen-bond donors (Lipinski definition) is 2. The van der Waals surface area contributed by atoms with Crippen LogP contribution in [-0.2, 0) is 16.1 Å². The molecule has 0 bridgehead atoms. The van der Waals surface area contributed by atoms with Crippen molar-refractivity contribution in [3.05, 3.63) is 72.3 Å². The van der Waals surface area contributed by atoms with Gasteiger partial charge in [-0.15, -0.1) is 0 Å². The van der Waals surface area contributed by atoms with Gasteiger partial charge in [0.2, 0.25) is 0 Å². The molecule has 1 aromatic carbocycles. The largest absolute Gasteiger partial charge is 0.398 e. The number of amides is 1. The van der Waals surface area contributed by atoms with Gasteiger partial charge in [-0.05, 0) is 41.8 Å². The molecule has 176 valence electrons. The maximum atomic E-state index is 13.2. The molecule has 2 aromatic heterocycles. The number of morpholine rings is 1. The second-order valence-electron chi connectivity index (χ2n) is 8.26. The predicted molar refractivity (Wildman–Crippen MR) is 134 cm³/mol. The zero-order valence-electron chi connectivity index (χ0n) is 19.4. The molecule has 4 rings (SSSR count). The molecule has 0 radical (unpaired) electrons. The minimum absolute atomic E-state index is 0.232. The lowest BCUT2D eigenvalue weighted by Gasteiger charge is -2.26. The molecule has 1 fully saturated rings. The number of ether oxygens (including phenoxy) is 1. The van der Waals surface area contributed by atoms with E-state index in [1.165, 1.54) is 12.4 Å². The normalized spacial score (nSPS) is 14.7. The zero-order chi connectivity index (χ0) is 23.8. The molecule has 8 heteroatoms. The number of nitrogens with two attached hydrogens (primary N) is 1. The first-order chi connectivity index (χ1) is 16.6. The average Bonchev–Trinajstić information content (AvgIpc) is 2.86. The number of carbonyl (C=O) groups is 1. The molecule has 1 amide bonds. The van der Waals surface area contributed by atoms with Crippen LogP contribution in [0.2, 0.25) is 0 Å². The fraction of sp³-hybridized carbons (Fsp3) is 0.308. The van der Waals surface area contributed by atoms with Gasteiger partial charge in [0.05, 0.1) is 31.3 Å². The molecule has 1 aliphatic rings. The van der Waals surface area contributed by atoms with Crippen molar-refractivity contribution >= 4 is 22.9 Å². The summed E-state index contributed by atoms with van der Waals surface area (Å²) in [6.45, 7) is 6.27. The van der Waals surface area contributed by atoms with Crippen molar-refractivity contribution in [2.45, 2.75) is 26.3 Å². The van der Waals surface area contributed by atoms with Gasteiger partial charge in [0.15, 0.2) is 0 Å². The van der Waals surface area contributed by atoms with Gasteiger partial charge >= 0.3 is 0 Å². The number of carbonyl (C=O) groups excluding carboxylic acids is 1. The Labute approximate surface area is 199 Å². The van der Waals surface area contributed by atoms with E-state index in [-0.39, 0.29) is 5.91 Å². The minimum Gasteiger partial charge on any atom is -0.398 e. The van der Waals surface area contributed by atoms with E-state index in [9.17, 15) is 4.79 Å². The molecule has 8 nitrogen and oxygen atoms in total. The number of nitrogens with one attached hydrogen (secondary N) is 1. The first-order valence-electron chi connectivity index (χ1n) is 11.6. The number of aromatic nitrogens is 3. The summed E-state index contributed by atoms with van der Waals surface area (Å²) in [6.07, 6.45) is 10.4. The Morgan fingerprint density at radius 3 is 2.74 bits per heavy atom. The number of nitrogen functional groups attached to an aromatic ring is 1. The monoisotopic (exact) mass is 458 g/mol. The molecule has 0 atom stereocenters. The van der Waals surface area contributed by atoms with Crippen LogP contribution in [0.4, 0.5) is 11.4 Å². The van der Waals surface area contributed by atoms with Crippen LogP contribution in [0.15, 0.2) is 61.2 Å². The number of pyridine rings is 1. The van der Waals surface area contributed by atoms with Crippen LogP contribution in [-0.4, -0.2) is 52.3 Å². The van der Waals surface area contributed by atoms with Crippen molar-refractivity contribution in [3.63, 3.8) is 0 Å². The number of anilines is 2. The molecular formula is C26H30N6O2. The van der Waals surface area contributed by atoms with Crippen molar-refractivity contribution in [1.29, 1.82) is 0 Å². The van der Waals surface area contributed by atoms with Gasteiger partial charge in [0, 0.05) is 54.4 Å². The maximum absolute atomic E-state index is 13.2. The summed E-state index contributed by atoms with van der Waals surface area (Å²) >= 11 is 0. The molecule has 3 N–H and O–H groups in total. The molecule has 0 saturated carbocycles. The molecule has 3 aromatic rings. The number of benzene rings is 1. The fourth-order valence-corrected chi connectivity index (χ4v) is 3.90. The summed E-state index contributed by atoms with van der Waals surface area (Å²) in [5.74, 6) is -0.232. The SMILES string of the molecule is CCC/C=C(/C(=O)Nc1ccnnc1)c1cc(-c2cncc(CN3CCOCC3)c2)ccc1N. The van der Waals surface area contributed by atoms with E-state index in [1.807, 2.05) is 36.7 Å². The van der Waals surface area contributed by atoms with Crippen molar-refractivity contribution in [3.8, 4) is 11.1 Å². The van der Waals surface area contributed by atoms with Crippen LogP contribution in [0.25, 0.3) is 16.7 Å². The van der Waals surface area contributed by atoms with E-state index in [2.05, 4.69) is 38.4 Å². The molecule has 3 heterocycles. The van der Waals surface area contributed by atoms with E-state index in [4.69, 9.17) is 10.5 Å². The van der Waals surface area contributed by atoms with Gasteiger partial charge in [0.1, 0.15) is 0 Å². The number of allylic oxidation sites excluding steroid dienone is 1. The Morgan fingerprint density at radius 2 is 1.97 bits per heavy atom. The third kappa shape index (κ3) is 6.03. The van der Waals surface area contributed by atoms with Crippen molar-refractivity contribution in [2.75, 3.05) is 37.4 Å². The highest BCUT2D eigenvalue weighted by Crippen LogP contribution is 2.30. The third-order valence-electron chi connectivity index (χ3n) is 5.71. The topological polar surface area (TPSA) is 106 Å². The summed E-state index contributed by atoms with van der Waals surface area (Å²) in [5.41, 5.74) is 11.8. The number of unbranched alkanes of at least 4 members (excludes halogenated alkanes) is 1. The maximum Gasteiger partial charge on any atom is 0.256 e. The van der Waals surface area contributed by atoms with Gasteiger partial charge < -0.3 is 15.8 Å². The smallest absolute Gasteiger partial charge is 0.256 e. The Morgan fingerprint density at radius 1 is 1.12 bits per heavy atom. The summed E-state index contributed by atoms with van der Waals surface area (Å²) in [7, 11) is 0. The van der Waals surface area contributed by atoms with E-state index < -0.39 is 0 Å².